The van der Waals surface area contributed by atoms with Gasteiger partial charge in [0.15, 0.2) is 5.16 Å². The number of nitrogens with zero attached hydrogens (tertiary/aromatic N) is 2. The highest BCUT2D eigenvalue weighted by Crippen LogP contribution is 2.29. The second kappa shape index (κ2) is 6.21. The average Bonchev–Trinajstić information content (AvgIpc) is 3.04. The van der Waals surface area contributed by atoms with Crippen molar-refractivity contribution in [1.29, 1.82) is 0 Å². The van der Waals surface area contributed by atoms with Crippen LogP contribution in [0.25, 0.3) is 10.2 Å². The molecule has 0 fully saturated rings. The Kier molecular flexibility index (Phi) is 4.27. The highest BCUT2D eigenvalue weighted by molar-refractivity contribution is 7.98. The summed E-state index contributed by atoms with van der Waals surface area (Å²) in [6.07, 6.45) is 1.69. The fraction of sp³-hybridized carbons (Fsp3) is 0.267. The molecule has 0 unspecified atom stereocenters. The first kappa shape index (κ1) is 15.8. The average molecular weight is 348 g/mol. The van der Waals surface area contributed by atoms with E-state index in [1.807, 2.05) is 13.8 Å². The van der Waals surface area contributed by atoms with Crippen molar-refractivity contribution in [2.75, 3.05) is 0 Å². The Hall–Kier alpha value is -2.06. The van der Waals surface area contributed by atoms with Crippen molar-refractivity contribution >= 4 is 33.3 Å². The number of aryl methyl sites for hydroxylation is 2. The molecule has 2 N–H and O–H groups in total. The summed E-state index contributed by atoms with van der Waals surface area (Å²) in [5, 5.41) is 6.62. The monoisotopic (exact) mass is 348 g/mol. The Balaban J connectivity index is 2.07. The molecule has 3 rings (SSSR count). The molecule has 0 atom stereocenters. The van der Waals surface area contributed by atoms with E-state index in [1.165, 1.54) is 29.2 Å². The molecule has 3 aromatic rings. The maximum absolute atomic E-state index is 12.8. The van der Waals surface area contributed by atoms with Crippen LogP contribution < -0.4 is 11.1 Å². The Bertz CT molecular complexity index is 993. The minimum atomic E-state index is -0.169. The normalized spacial score (nSPS) is 11.2. The van der Waals surface area contributed by atoms with Gasteiger partial charge in [-0.15, -0.1) is 17.9 Å². The third-order valence-electron chi connectivity index (χ3n) is 3.57. The molecule has 0 saturated carbocycles. The molecule has 6 nitrogen and oxygen atoms in total. The highest BCUT2D eigenvalue weighted by atomic mass is 32.2. The van der Waals surface area contributed by atoms with Gasteiger partial charge in [0.2, 0.25) is 0 Å². The van der Waals surface area contributed by atoms with Crippen LogP contribution in [0.3, 0.4) is 0 Å². The molecule has 0 radical (unpaired) electrons. The van der Waals surface area contributed by atoms with E-state index in [1.54, 1.807) is 10.6 Å². The lowest BCUT2D eigenvalue weighted by Gasteiger charge is -2.09. The molecule has 23 heavy (non-hydrogen) atoms. The minimum Gasteiger partial charge on any atom is -0.301 e. The van der Waals surface area contributed by atoms with Crippen molar-refractivity contribution in [1.82, 2.24) is 19.7 Å². The quantitative estimate of drug-likeness (QED) is 0.422. The molecule has 0 aromatic carbocycles. The number of thioether (sulfide) groups is 1. The Morgan fingerprint density at radius 1 is 1.39 bits per heavy atom. The first-order chi connectivity index (χ1) is 11.0. The third-order valence-corrected chi connectivity index (χ3v) is 5.70. The summed E-state index contributed by atoms with van der Waals surface area (Å²) in [5.41, 5.74) is 1.55. The van der Waals surface area contributed by atoms with E-state index in [0.29, 0.717) is 22.8 Å². The lowest BCUT2D eigenvalue weighted by atomic mass is 10.2. The molecule has 3 heterocycles. The van der Waals surface area contributed by atoms with E-state index < -0.39 is 0 Å². The van der Waals surface area contributed by atoms with Gasteiger partial charge in [0.05, 0.1) is 5.39 Å². The van der Waals surface area contributed by atoms with Gasteiger partial charge in [-0.3, -0.25) is 19.3 Å². The van der Waals surface area contributed by atoms with Crippen molar-refractivity contribution in [3.05, 3.63) is 55.6 Å². The zero-order valence-corrected chi connectivity index (χ0v) is 14.4. The first-order valence-electron chi connectivity index (χ1n) is 7.02. The Labute approximate surface area is 140 Å². The number of rotatable bonds is 5. The van der Waals surface area contributed by atoms with Crippen molar-refractivity contribution in [3.8, 4) is 0 Å². The number of aromatic nitrogens is 4. The van der Waals surface area contributed by atoms with E-state index in [9.17, 15) is 9.59 Å². The van der Waals surface area contributed by atoms with Crippen molar-refractivity contribution < 1.29 is 0 Å². The molecule has 8 heteroatoms. The summed E-state index contributed by atoms with van der Waals surface area (Å²) in [6.45, 7) is 8.07. The van der Waals surface area contributed by atoms with Gasteiger partial charge in [0.25, 0.3) is 11.1 Å². The lowest BCUT2D eigenvalue weighted by molar-refractivity contribution is 0.672. The van der Waals surface area contributed by atoms with Crippen LogP contribution in [-0.4, -0.2) is 19.7 Å². The Morgan fingerprint density at radius 3 is 2.83 bits per heavy atom. The van der Waals surface area contributed by atoms with Crippen LogP contribution in [0, 0.1) is 13.8 Å². The molecular weight excluding hydrogens is 332 g/mol. The van der Waals surface area contributed by atoms with E-state index in [0.717, 1.165) is 21.0 Å². The van der Waals surface area contributed by atoms with Crippen molar-refractivity contribution in [2.45, 2.75) is 31.3 Å². The van der Waals surface area contributed by atoms with E-state index >= 15 is 0 Å². The SMILES string of the molecule is C=CCn1c(SCc2cc(=O)[nH][nH]2)nc2sc(C)c(C)c2c1=O. The maximum Gasteiger partial charge on any atom is 0.264 e. The van der Waals surface area contributed by atoms with Crippen molar-refractivity contribution in [2.24, 2.45) is 0 Å². The van der Waals surface area contributed by atoms with Gasteiger partial charge < -0.3 is 5.10 Å². The van der Waals surface area contributed by atoms with Crippen LogP contribution in [0.2, 0.25) is 0 Å². The third kappa shape index (κ3) is 2.91. The van der Waals surface area contributed by atoms with Gasteiger partial charge in [-0.25, -0.2) is 4.98 Å². The van der Waals surface area contributed by atoms with Gasteiger partial charge in [0.1, 0.15) is 4.83 Å². The lowest BCUT2D eigenvalue weighted by Crippen LogP contribution is -2.22. The van der Waals surface area contributed by atoms with Crippen LogP contribution in [0.4, 0.5) is 0 Å². The van der Waals surface area contributed by atoms with Gasteiger partial charge >= 0.3 is 0 Å². The van der Waals surface area contributed by atoms with E-state index in [4.69, 9.17) is 0 Å². The van der Waals surface area contributed by atoms with Gasteiger partial charge in [0, 0.05) is 28.9 Å². The molecule has 120 valence electrons. The number of hydrogen-bond donors (Lipinski definition) is 2. The van der Waals surface area contributed by atoms with E-state index in [2.05, 4.69) is 21.8 Å². The van der Waals surface area contributed by atoms with Crippen LogP contribution in [0.15, 0.2) is 33.5 Å². The zero-order chi connectivity index (χ0) is 16.6. The zero-order valence-electron chi connectivity index (χ0n) is 12.8. The largest absolute Gasteiger partial charge is 0.301 e. The molecule has 0 aliphatic heterocycles. The molecule has 0 bridgehead atoms. The van der Waals surface area contributed by atoms with Crippen LogP contribution in [0.1, 0.15) is 16.1 Å². The first-order valence-corrected chi connectivity index (χ1v) is 8.82. The van der Waals surface area contributed by atoms with Gasteiger partial charge in [-0.1, -0.05) is 17.8 Å². The molecule has 0 aliphatic carbocycles. The number of H-pyrrole nitrogens is 2. The molecule has 0 spiro atoms. The summed E-state index contributed by atoms with van der Waals surface area (Å²) < 4.78 is 1.63. The van der Waals surface area contributed by atoms with Gasteiger partial charge in [-0.05, 0) is 19.4 Å². The van der Waals surface area contributed by atoms with Crippen molar-refractivity contribution in [3.63, 3.8) is 0 Å². The molecule has 0 saturated heterocycles. The summed E-state index contributed by atoms with van der Waals surface area (Å²) in [6, 6.07) is 1.50. The minimum absolute atomic E-state index is 0.0400. The molecule has 3 aromatic heterocycles. The number of aromatic amines is 2. The number of allylic oxidation sites excluding steroid dienone is 1. The number of nitrogens with one attached hydrogen (secondary N) is 2. The second-order valence-electron chi connectivity index (χ2n) is 5.13. The van der Waals surface area contributed by atoms with Gasteiger partial charge in [-0.2, -0.15) is 0 Å². The number of hydrogen-bond acceptors (Lipinski definition) is 5. The van der Waals surface area contributed by atoms with Crippen LogP contribution in [-0.2, 0) is 12.3 Å². The Morgan fingerprint density at radius 2 is 2.17 bits per heavy atom. The summed E-state index contributed by atoms with van der Waals surface area (Å²) in [7, 11) is 0. The number of fused-ring (bicyclic) bond motifs is 1. The topological polar surface area (TPSA) is 83.5 Å². The standard InChI is InChI=1S/C15H16N4O2S2/c1-4-5-19-14(21)12-8(2)9(3)23-13(12)16-15(19)22-7-10-6-11(20)18-17-10/h4,6H,1,5,7H2,2-3H3,(H2,17,18,20). The highest BCUT2D eigenvalue weighted by Gasteiger charge is 2.16. The smallest absolute Gasteiger partial charge is 0.264 e. The summed E-state index contributed by atoms with van der Waals surface area (Å²) >= 11 is 2.95. The predicted molar refractivity (Wildman–Crippen MR) is 94.5 cm³/mol. The van der Waals surface area contributed by atoms with Crippen LogP contribution in [0.5, 0.6) is 0 Å². The predicted octanol–water partition coefficient (Wildman–Crippen LogP) is 2.57. The summed E-state index contributed by atoms with van der Waals surface area (Å²) in [4.78, 5) is 30.5. The summed E-state index contributed by atoms with van der Waals surface area (Å²) in [5.74, 6) is 0.525. The fourth-order valence-electron chi connectivity index (χ4n) is 2.30. The molecule has 0 amide bonds. The fourth-order valence-corrected chi connectivity index (χ4v) is 4.29. The molecule has 0 aliphatic rings. The number of thiophene rings is 1. The van der Waals surface area contributed by atoms with Crippen LogP contribution >= 0.6 is 23.1 Å². The van der Waals surface area contributed by atoms with E-state index in [-0.39, 0.29) is 11.1 Å². The second-order valence-corrected chi connectivity index (χ2v) is 7.28. The molecular formula is C15H16N4O2S2. The maximum atomic E-state index is 12.8.